The van der Waals surface area contributed by atoms with E-state index in [9.17, 15) is 19.2 Å². The third kappa shape index (κ3) is 5.79. The smallest absolute Gasteiger partial charge is 0.269 e. The highest BCUT2D eigenvalue weighted by atomic mass is 16.2. The maximum Gasteiger partial charge on any atom is 0.269 e. The molecule has 0 saturated carbocycles. The first kappa shape index (κ1) is 17.7. The average Bonchev–Trinajstić information content (AvgIpc) is 2.65. The quantitative estimate of drug-likeness (QED) is 0.473. The van der Waals surface area contributed by atoms with Gasteiger partial charge in [-0.05, 0) is 24.3 Å². The third-order valence-electron chi connectivity index (χ3n) is 3.02. The summed E-state index contributed by atoms with van der Waals surface area (Å²) in [6.45, 7) is 0. The molecule has 0 radical (unpaired) electrons. The van der Waals surface area contributed by atoms with E-state index in [0.29, 0.717) is 11.1 Å². The van der Waals surface area contributed by atoms with Gasteiger partial charge in [0.25, 0.3) is 11.8 Å². The van der Waals surface area contributed by atoms with Crippen molar-refractivity contribution in [2.75, 3.05) is 0 Å². The van der Waals surface area contributed by atoms with Crippen LogP contribution in [0, 0.1) is 0 Å². The minimum absolute atomic E-state index is 0.363. The molecule has 128 valence electrons. The molecular formula is C17H16N4O4. The maximum absolute atomic E-state index is 11.7. The molecule has 0 fully saturated rings. The topological polar surface area (TPSA) is 116 Å². The molecule has 0 aliphatic rings. The van der Waals surface area contributed by atoms with E-state index in [1.54, 1.807) is 60.7 Å². The molecule has 0 saturated heterocycles. The van der Waals surface area contributed by atoms with E-state index >= 15 is 0 Å². The molecule has 0 heterocycles. The Morgan fingerprint density at radius 2 is 0.920 bits per heavy atom. The number of carbonyl (C=O) groups is 4. The van der Waals surface area contributed by atoms with E-state index < -0.39 is 30.0 Å². The van der Waals surface area contributed by atoms with Crippen LogP contribution in [0.5, 0.6) is 0 Å². The number of rotatable bonds is 4. The normalized spacial score (nSPS) is 9.60. The lowest BCUT2D eigenvalue weighted by atomic mass is 10.2. The summed E-state index contributed by atoms with van der Waals surface area (Å²) in [4.78, 5) is 46.7. The molecule has 0 atom stereocenters. The third-order valence-corrected chi connectivity index (χ3v) is 3.02. The molecule has 0 aromatic heterocycles. The highest BCUT2D eigenvalue weighted by molar-refractivity contribution is 6.01. The molecule has 2 rings (SSSR count). The summed E-state index contributed by atoms with van der Waals surface area (Å²) in [6, 6.07) is 16.5. The number of hydrogen-bond donors (Lipinski definition) is 4. The van der Waals surface area contributed by atoms with Gasteiger partial charge in [-0.2, -0.15) is 0 Å². The fourth-order valence-electron chi connectivity index (χ4n) is 1.81. The van der Waals surface area contributed by atoms with Gasteiger partial charge < -0.3 is 0 Å². The SMILES string of the molecule is O=C(CC(=O)NNC(=O)c1ccccc1)NNC(=O)c1ccccc1. The van der Waals surface area contributed by atoms with Crippen LogP contribution in [-0.2, 0) is 9.59 Å². The number of nitrogens with one attached hydrogen (secondary N) is 4. The minimum Gasteiger partial charge on any atom is -0.273 e. The van der Waals surface area contributed by atoms with E-state index in [2.05, 4.69) is 21.7 Å². The largest absolute Gasteiger partial charge is 0.273 e. The second-order valence-electron chi connectivity index (χ2n) is 4.91. The van der Waals surface area contributed by atoms with Gasteiger partial charge in [-0.25, -0.2) is 0 Å². The summed E-state index contributed by atoms with van der Waals surface area (Å²) in [5, 5.41) is 0. The van der Waals surface area contributed by atoms with Crippen molar-refractivity contribution >= 4 is 23.6 Å². The lowest BCUT2D eigenvalue weighted by molar-refractivity contribution is -0.130. The molecule has 0 spiro atoms. The predicted molar refractivity (Wildman–Crippen MR) is 88.7 cm³/mol. The summed E-state index contributed by atoms with van der Waals surface area (Å²) >= 11 is 0. The second-order valence-corrected chi connectivity index (χ2v) is 4.91. The van der Waals surface area contributed by atoms with E-state index in [1.807, 2.05) is 0 Å². The van der Waals surface area contributed by atoms with Crippen LogP contribution in [0.25, 0.3) is 0 Å². The molecular weight excluding hydrogens is 324 g/mol. The zero-order valence-corrected chi connectivity index (χ0v) is 13.1. The molecule has 2 aromatic rings. The van der Waals surface area contributed by atoms with Crippen LogP contribution in [-0.4, -0.2) is 23.6 Å². The number of benzene rings is 2. The highest BCUT2D eigenvalue weighted by Crippen LogP contribution is 1.97. The van der Waals surface area contributed by atoms with Crippen molar-refractivity contribution in [3.8, 4) is 0 Å². The fourth-order valence-corrected chi connectivity index (χ4v) is 1.81. The molecule has 0 unspecified atom stereocenters. The fraction of sp³-hybridized carbons (Fsp3) is 0.0588. The van der Waals surface area contributed by atoms with E-state index in [0.717, 1.165) is 0 Å². The summed E-state index contributed by atoms with van der Waals surface area (Å²) in [7, 11) is 0. The standard InChI is InChI=1S/C17H16N4O4/c22-14(18-20-16(24)12-7-3-1-4-8-12)11-15(23)19-21-17(25)13-9-5-2-6-10-13/h1-10H,11H2,(H,18,22)(H,19,23)(H,20,24)(H,21,25). The van der Waals surface area contributed by atoms with Gasteiger partial charge >= 0.3 is 0 Å². The van der Waals surface area contributed by atoms with Crippen molar-refractivity contribution in [1.82, 2.24) is 21.7 Å². The van der Waals surface area contributed by atoms with Gasteiger partial charge in [0.05, 0.1) is 0 Å². The maximum atomic E-state index is 11.7. The molecule has 2 aromatic carbocycles. The van der Waals surface area contributed by atoms with Gasteiger partial charge in [0.15, 0.2) is 0 Å². The zero-order chi connectivity index (χ0) is 18.1. The van der Waals surface area contributed by atoms with E-state index in [-0.39, 0.29) is 0 Å². The molecule has 8 heteroatoms. The molecule has 0 aliphatic carbocycles. The van der Waals surface area contributed by atoms with Gasteiger partial charge in [0.1, 0.15) is 6.42 Å². The lowest BCUT2D eigenvalue weighted by Gasteiger charge is -2.09. The molecule has 4 N–H and O–H groups in total. The van der Waals surface area contributed by atoms with Crippen molar-refractivity contribution in [2.45, 2.75) is 6.42 Å². The second kappa shape index (κ2) is 8.82. The van der Waals surface area contributed by atoms with Crippen LogP contribution in [0.15, 0.2) is 60.7 Å². The monoisotopic (exact) mass is 340 g/mol. The Morgan fingerprint density at radius 1 is 0.560 bits per heavy atom. The summed E-state index contributed by atoms with van der Waals surface area (Å²) in [6.07, 6.45) is -0.565. The summed E-state index contributed by atoms with van der Waals surface area (Å²) < 4.78 is 0. The van der Waals surface area contributed by atoms with Crippen molar-refractivity contribution in [3.05, 3.63) is 71.8 Å². The Kier molecular flexibility index (Phi) is 6.24. The predicted octanol–water partition coefficient (Wildman–Crippen LogP) is 0.299. The van der Waals surface area contributed by atoms with Crippen LogP contribution < -0.4 is 21.7 Å². The number of hydrogen-bond acceptors (Lipinski definition) is 4. The Labute approximate surface area is 143 Å². The van der Waals surface area contributed by atoms with Crippen molar-refractivity contribution in [2.24, 2.45) is 0 Å². The van der Waals surface area contributed by atoms with Crippen molar-refractivity contribution in [3.63, 3.8) is 0 Å². The first-order chi connectivity index (χ1) is 12.1. The zero-order valence-electron chi connectivity index (χ0n) is 13.1. The Hall–Kier alpha value is -3.68. The molecule has 25 heavy (non-hydrogen) atoms. The van der Waals surface area contributed by atoms with Crippen molar-refractivity contribution < 1.29 is 19.2 Å². The van der Waals surface area contributed by atoms with Crippen LogP contribution in [0.4, 0.5) is 0 Å². The van der Waals surface area contributed by atoms with Gasteiger partial charge in [0, 0.05) is 11.1 Å². The first-order valence-electron chi connectivity index (χ1n) is 7.34. The number of carbonyl (C=O) groups excluding carboxylic acids is 4. The average molecular weight is 340 g/mol. The van der Waals surface area contributed by atoms with Gasteiger partial charge in [-0.1, -0.05) is 36.4 Å². The molecule has 8 nitrogen and oxygen atoms in total. The molecule has 4 amide bonds. The van der Waals surface area contributed by atoms with Crippen LogP contribution in [0.2, 0.25) is 0 Å². The van der Waals surface area contributed by atoms with Gasteiger partial charge in [-0.3, -0.25) is 40.9 Å². The Bertz CT molecular complexity index is 697. The lowest BCUT2D eigenvalue weighted by Crippen LogP contribution is -2.46. The Morgan fingerprint density at radius 3 is 1.28 bits per heavy atom. The Balaban J connectivity index is 1.70. The highest BCUT2D eigenvalue weighted by Gasteiger charge is 2.12. The van der Waals surface area contributed by atoms with E-state index in [4.69, 9.17) is 0 Å². The van der Waals surface area contributed by atoms with E-state index in [1.165, 1.54) is 0 Å². The van der Waals surface area contributed by atoms with Gasteiger partial charge in [0.2, 0.25) is 11.8 Å². The first-order valence-corrected chi connectivity index (χ1v) is 7.34. The van der Waals surface area contributed by atoms with Crippen molar-refractivity contribution in [1.29, 1.82) is 0 Å². The number of amides is 4. The summed E-state index contributed by atoms with van der Waals surface area (Å²) in [5.74, 6) is -2.47. The van der Waals surface area contributed by atoms with Crippen LogP contribution in [0.1, 0.15) is 27.1 Å². The molecule has 0 aliphatic heterocycles. The number of hydrazine groups is 2. The van der Waals surface area contributed by atoms with Crippen LogP contribution >= 0.6 is 0 Å². The molecule has 0 bridgehead atoms. The van der Waals surface area contributed by atoms with Gasteiger partial charge in [-0.15, -0.1) is 0 Å². The summed E-state index contributed by atoms with van der Waals surface area (Å²) in [5.41, 5.74) is 9.34. The van der Waals surface area contributed by atoms with Crippen LogP contribution in [0.3, 0.4) is 0 Å². The minimum atomic E-state index is -0.726.